The molecule has 39 heavy (non-hydrogen) atoms. The van der Waals surface area contributed by atoms with Gasteiger partial charge in [0, 0.05) is 10.6 Å². The Morgan fingerprint density at radius 3 is 2.64 bits per heavy atom. The van der Waals surface area contributed by atoms with E-state index >= 15 is 0 Å². The van der Waals surface area contributed by atoms with Gasteiger partial charge in [0.15, 0.2) is 4.80 Å². The topological polar surface area (TPSA) is 69.9 Å². The zero-order valence-electron chi connectivity index (χ0n) is 21.2. The van der Waals surface area contributed by atoms with E-state index in [1.807, 2.05) is 48.5 Å². The van der Waals surface area contributed by atoms with Crippen LogP contribution in [-0.2, 0) is 16.1 Å². The molecule has 6 nitrogen and oxygen atoms in total. The lowest BCUT2D eigenvalue weighted by Gasteiger charge is -2.24. The molecule has 0 radical (unpaired) electrons. The predicted octanol–water partition coefficient (Wildman–Crippen LogP) is 5.17. The molecule has 0 unspecified atom stereocenters. The minimum Gasteiger partial charge on any atom is -0.489 e. The van der Waals surface area contributed by atoms with Crippen LogP contribution >= 0.6 is 22.9 Å². The number of benzene rings is 3. The monoisotopic (exact) mass is 562 g/mol. The first kappa shape index (κ1) is 26.6. The Labute approximate surface area is 232 Å². The molecule has 0 N–H and O–H groups in total. The number of carbonyl (C=O) groups is 1. The van der Waals surface area contributed by atoms with Crippen molar-refractivity contribution in [3.05, 3.63) is 131 Å². The van der Waals surface area contributed by atoms with E-state index in [1.165, 1.54) is 28.0 Å². The number of nitrogens with zero attached hydrogens (tertiary/aromatic N) is 2. The van der Waals surface area contributed by atoms with Crippen molar-refractivity contribution < 1.29 is 18.7 Å². The van der Waals surface area contributed by atoms with Gasteiger partial charge >= 0.3 is 5.97 Å². The molecular weight excluding hydrogens is 539 g/mol. The third-order valence-electron chi connectivity index (χ3n) is 6.21. The second kappa shape index (κ2) is 11.4. The van der Waals surface area contributed by atoms with Gasteiger partial charge in [0.05, 0.1) is 28.5 Å². The van der Waals surface area contributed by atoms with Crippen molar-refractivity contribution in [3.63, 3.8) is 0 Å². The Kier molecular flexibility index (Phi) is 7.77. The second-order valence-corrected chi connectivity index (χ2v) is 10.2. The number of fused-ring (bicyclic) bond motifs is 1. The van der Waals surface area contributed by atoms with Crippen LogP contribution in [0.4, 0.5) is 4.39 Å². The van der Waals surface area contributed by atoms with E-state index in [9.17, 15) is 14.0 Å². The number of rotatable bonds is 7. The highest BCUT2D eigenvalue weighted by Crippen LogP contribution is 2.30. The summed E-state index contributed by atoms with van der Waals surface area (Å²) in [5.74, 6) is -0.354. The maximum atomic E-state index is 13.7. The van der Waals surface area contributed by atoms with E-state index in [0.717, 1.165) is 11.1 Å². The summed E-state index contributed by atoms with van der Waals surface area (Å²) in [5, 5.41) is 0.628. The van der Waals surface area contributed by atoms with Gasteiger partial charge in [-0.25, -0.2) is 14.2 Å². The number of carbonyl (C=O) groups excluding carboxylic acids is 1. The molecule has 0 bridgehead atoms. The minimum atomic E-state index is -0.798. The first-order valence-corrected chi connectivity index (χ1v) is 13.5. The molecule has 0 aliphatic carbocycles. The number of hydrogen-bond acceptors (Lipinski definition) is 6. The predicted molar refractivity (Wildman–Crippen MR) is 149 cm³/mol. The molecule has 1 aromatic heterocycles. The van der Waals surface area contributed by atoms with Gasteiger partial charge in [0.2, 0.25) is 0 Å². The molecular formula is C30H24ClFN2O4S. The van der Waals surface area contributed by atoms with Crippen molar-refractivity contribution >= 4 is 35.0 Å². The van der Waals surface area contributed by atoms with Gasteiger partial charge in [-0.2, -0.15) is 0 Å². The fourth-order valence-electron chi connectivity index (χ4n) is 4.37. The van der Waals surface area contributed by atoms with Crippen LogP contribution < -0.4 is 19.6 Å². The highest BCUT2D eigenvalue weighted by Gasteiger charge is 2.33. The quantitative estimate of drug-likeness (QED) is 0.291. The highest BCUT2D eigenvalue weighted by atomic mass is 35.5. The largest absolute Gasteiger partial charge is 0.489 e. The number of ether oxygens (including phenoxy) is 2. The van der Waals surface area contributed by atoms with Gasteiger partial charge in [0.1, 0.15) is 18.2 Å². The van der Waals surface area contributed by atoms with Crippen LogP contribution in [0.2, 0.25) is 5.02 Å². The second-order valence-electron chi connectivity index (χ2n) is 8.81. The number of allylic oxidation sites excluding steroid dienone is 1. The van der Waals surface area contributed by atoms with Crippen molar-refractivity contribution in [1.29, 1.82) is 0 Å². The van der Waals surface area contributed by atoms with E-state index in [4.69, 9.17) is 21.1 Å². The van der Waals surface area contributed by atoms with E-state index in [0.29, 0.717) is 38.0 Å². The molecule has 5 rings (SSSR count). The summed E-state index contributed by atoms with van der Waals surface area (Å²) in [6, 6.07) is 19.8. The molecule has 1 aliphatic heterocycles. The van der Waals surface area contributed by atoms with Gasteiger partial charge in [-0.15, -0.1) is 0 Å². The Bertz CT molecular complexity index is 1760. The standard InChI is InChI=1S/C30H24ClFN2O4S/c1-3-37-29(36)26-18(2)33-30-34(27(26)20-11-13-22(32)14-12-20)28(35)25(39-30)16-19-7-6-9-23(15-19)38-17-21-8-4-5-10-24(21)31/h4-16,27H,3,17H2,1-2H3/b25-16+/t27-/m1/s1. The molecule has 0 spiro atoms. The maximum absolute atomic E-state index is 13.7. The smallest absolute Gasteiger partial charge is 0.338 e. The van der Waals surface area contributed by atoms with E-state index in [2.05, 4.69) is 4.99 Å². The zero-order valence-corrected chi connectivity index (χ0v) is 22.8. The first-order valence-electron chi connectivity index (χ1n) is 12.3. The Morgan fingerprint density at radius 2 is 1.90 bits per heavy atom. The lowest BCUT2D eigenvalue weighted by molar-refractivity contribution is -0.139. The van der Waals surface area contributed by atoms with Crippen molar-refractivity contribution in [1.82, 2.24) is 4.57 Å². The zero-order chi connectivity index (χ0) is 27.5. The molecule has 0 fully saturated rings. The third kappa shape index (κ3) is 5.57. The van der Waals surface area contributed by atoms with E-state index in [1.54, 1.807) is 32.1 Å². The van der Waals surface area contributed by atoms with Crippen LogP contribution in [0, 0.1) is 5.82 Å². The summed E-state index contributed by atoms with van der Waals surface area (Å²) >= 11 is 7.45. The van der Waals surface area contributed by atoms with Gasteiger partial charge in [-0.05, 0) is 61.4 Å². The summed E-state index contributed by atoms with van der Waals surface area (Å²) in [6.45, 7) is 3.89. The van der Waals surface area contributed by atoms with Crippen molar-refractivity contribution in [3.8, 4) is 5.75 Å². The number of esters is 1. The number of hydrogen-bond donors (Lipinski definition) is 0. The van der Waals surface area contributed by atoms with Gasteiger partial charge in [-0.1, -0.05) is 65.4 Å². The molecule has 1 aliphatic rings. The molecule has 0 amide bonds. The molecule has 9 heteroatoms. The summed E-state index contributed by atoms with van der Waals surface area (Å²) in [5.41, 5.74) is 2.59. The molecule has 4 aromatic rings. The van der Waals surface area contributed by atoms with Crippen molar-refractivity contribution in [2.45, 2.75) is 26.5 Å². The van der Waals surface area contributed by atoms with Crippen LogP contribution in [0.5, 0.6) is 5.75 Å². The Morgan fingerprint density at radius 1 is 1.13 bits per heavy atom. The first-order chi connectivity index (χ1) is 18.9. The van der Waals surface area contributed by atoms with Crippen molar-refractivity contribution in [2.75, 3.05) is 6.61 Å². The fourth-order valence-corrected chi connectivity index (χ4v) is 5.61. The highest BCUT2D eigenvalue weighted by molar-refractivity contribution is 7.07. The molecule has 2 heterocycles. The van der Waals surface area contributed by atoms with Crippen LogP contribution in [0.3, 0.4) is 0 Å². The van der Waals surface area contributed by atoms with Gasteiger partial charge in [-0.3, -0.25) is 9.36 Å². The maximum Gasteiger partial charge on any atom is 0.338 e. The van der Waals surface area contributed by atoms with E-state index in [-0.39, 0.29) is 17.7 Å². The molecule has 3 aromatic carbocycles. The van der Waals surface area contributed by atoms with Gasteiger partial charge < -0.3 is 9.47 Å². The summed E-state index contributed by atoms with van der Waals surface area (Å²) in [4.78, 5) is 31.7. The number of aromatic nitrogens is 1. The number of thiazole rings is 1. The average molecular weight is 563 g/mol. The van der Waals surface area contributed by atoms with E-state index < -0.39 is 17.8 Å². The molecule has 0 saturated heterocycles. The third-order valence-corrected chi connectivity index (χ3v) is 7.56. The molecule has 198 valence electrons. The van der Waals surface area contributed by atoms with Crippen LogP contribution in [-0.4, -0.2) is 17.1 Å². The Hall–Kier alpha value is -4.01. The SMILES string of the molecule is CCOC(=O)C1=C(C)N=c2s/c(=C/c3cccc(OCc4ccccc4Cl)c3)c(=O)n2[C@@H]1c1ccc(F)cc1. The lowest BCUT2D eigenvalue weighted by atomic mass is 9.96. The average Bonchev–Trinajstić information content (AvgIpc) is 3.22. The van der Waals surface area contributed by atoms with Crippen LogP contribution in [0.15, 0.2) is 93.9 Å². The number of halogens is 2. The summed E-state index contributed by atoms with van der Waals surface area (Å²) in [6.07, 6.45) is 1.76. The minimum absolute atomic E-state index is 0.172. The lowest BCUT2D eigenvalue weighted by Crippen LogP contribution is -2.39. The summed E-state index contributed by atoms with van der Waals surface area (Å²) in [7, 11) is 0. The van der Waals surface area contributed by atoms with Crippen LogP contribution in [0.1, 0.15) is 36.6 Å². The van der Waals surface area contributed by atoms with Crippen molar-refractivity contribution in [2.24, 2.45) is 4.99 Å². The Balaban J connectivity index is 1.55. The van der Waals surface area contributed by atoms with Crippen LogP contribution in [0.25, 0.3) is 6.08 Å². The van der Waals surface area contributed by atoms with Gasteiger partial charge in [0.25, 0.3) is 5.56 Å². The normalized spacial score (nSPS) is 15.1. The molecule has 0 saturated carbocycles. The summed E-state index contributed by atoms with van der Waals surface area (Å²) < 4.78 is 26.8. The molecule has 1 atom stereocenters. The fraction of sp³-hybridized carbons (Fsp3) is 0.167.